The van der Waals surface area contributed by atoms with Crippen molar-refractivity contribution in [2.45, 2.75) is 32.6 Å². The third kappa shape index (κ3) is 2.02. The van der Waals surface area contributed by atoms with Gasteiger partial charge < -0.3 is 9.14 Å². The van der Waals surface area contributed by atoms with E-state index in [4.69, 9.17) is 4.74 Å². The molecule has 0 aromatic carbocycles. The van der Waals surface area contributed by atoms with Gasteiger partial charge in [-0.25, -0.2) is 4.98 Å². The van der Waals surface area contributed by atoms with E-state index in [0.29, 0.717) is 0 Å². The maximum atomic E-state index is 5.90. The summed E-state index contributed by atoms with van der Waals surface area (Å²) in [7, 11) is 0. The highest BCUT2D eigenvalue weighted by molar-refractivity contribution is 5.54. The molecular weight excluding hydrogens is 212 g/mol. The molecule has 3 rings (SSSR count). The molecule has 0 bridgehead atoms. The molecule has 0 amide bonds. The Labute approximate surface area is 101 Å². The predicted octanol–water partition coefficient (Wildman–Crippen LogP) is 3.08. The number of nitrogens with zero attached hydrogens (tertiary/aromatic N) is 2. The van der Waals surface area contributed by atoms with Crippen LogP contribution in [-0.2, 0) is 6.42 Å². The van der Waals surface area contributed by atoms with Crippen molar-refractivity contribution in [2.24, 2.45) is 5.92 Å². The third-order valence-corrected chi connectivity index (χ3v) is 3.56. The molecule has 1 fully saturated rings. The highest BCUT2D eigenvalue weighted by Gasteiger charge is 2.18. The Balaban J connectivity index is 1.83. The summed E-state index contributed by atoms with van der Waals surface area (Å²) in [5.74, 6) is 1.68. The molecule has 0 atom stereocenters. The number of ether oxygens (including phenoxy) is 1. The van der Waals surface area contributed by atoms with Gasteiger partial charge in [0.05, 0.1) is 12.3 Å². The summed E-state index contributed by atoms with van der Waals surface area (Å²) in [6.45, 7) is 2.96. The lowest BCUT2D eigenvalue weighted by atomic mass is 9.86. The minimum atomic E-state index is 0.760. The molecule has 0 aliphatic heterocycles. The fraction of sp³-hybridized carbons (Fsp3) is 0.500. The lowest BCUT2D eigenvalue weighted by molar-refractivity contribution is 0.181. The summed E-state index contributed by atoms with van der Waals surface area (Å²) in [6.07, 6.45) is 9.06. The van der Waals surface area contributed by atoms with Gasteiger partial charge in [-0.1, -0.05) is 13.3 Å². The molecule has 1 aliphatic carbocycles. The van der Waals surface area contributed by atoms with Gasteiger partial charge in [0, 0.05) is 12.4 Å². The number of hydrogen-bond donors (Lipinski definition) is 0. The molecule has 0 saturated heterocycles. The van der Waals surface area contributed by atoms with Crippen LogP contribution < -0.4 is 4.74 Å². The second-order valence-electron chi connectivity index (χ2n) is 4.80. The van der Waals surface area contributed by atoms with Crippen molar-refractivity contribution >= 4 is 5.65 Å². The average molecular weight is 230 g/mol. The van der Waals surface area contributed by atoms with Crippen LogP contribution in [0.4, 0.5) is 0 Å². The standard InChI is InChI=1S/C14H18N2O/c1-2-12-9-16-8-4-7-13(14(16)15-12)17-10-11-5-3-6-11/h4,7-9,11H,2-3,5-6,10H2,1H3. The first kappa shape index (κ1) is 10.6. The van der Waals surface area contributed by atoms with Crippen molar-refractivity contribution in [3.63, 3.8) is 0 Å². The zero-order valence-corrected chi connectivity index (χ0v) is 10.2. The van der Waals surface area contributed by atoms with Crippen LogP contribution >= 0.6 is 0 Å². The van der Waals surface area contributed by atoms with E-state index in [2.05, 4.69) is 22.5 Å². The first-order chi connectivity index (χ1) is 8.36. The van der Waals surface area contributed by atoms with Crippen LogP contribution in [0, 0.1) is 5.92 Å². The van der Waals surface area contributed by atoms with Crippen LogP contribution in [0.1, 0.15) is 31.9 Å². The summed E-state index contributed by atoms with van der Waals surface area (Å²) < 4.78 is 7.95. The Kier molecular flexibility index (Phi) is 2.75. The van der Waals surface area contributed by atoms with Gasteiger partial charge in [-0.15, -0.1) is 0 Å². The summed E-state index contributed by atoms with van der Waals surface area (Å²) >= 11 is 0. The Morgan fingerprint density at radius 3 is 3.06 bits per heavy atom. The molecular formula is C14H18N2O. The number of aryl methyl sites for hydroxylation is 1. The van der Waals surface area contributed by atoms with Gasteiger partial charge in [-0.3, -0.25) is 0 Å². The number of imidazole rings is 1. The smallest absolute Gasteiger partial charge is 0.179 e. The molecule has 0 unspecified atom stereocenters. The SMILES string of the molecule is CCc1cn2cccc(OCC3CCC3)c2n1. The van der Waals surface area contributed by atoms with Gasteiger partial charge in [-0.2, -0.15) is 0 Å². The number of aromatic nitrogens is 2. The monoisotopic (exact) mass is 230 g/mol. The van der Waals surface area contributed by atoms with Gasteiger partial charge >= 0.3 is 0 Å². The summed E-state index contributed by atoms with van der Waals surface area (Å²) in [5, 5.41) is 0. The molecule has 3 nitrogen and oxygen atoms in total. The fourth-order valence-electron chi connectivity index (χ4n) is 2.19. The number of hydrogen-bond acceptors (Lipinski definition) is 2. The van der Waals surface area contributed by atoms with Crippen molar-refractivity contribution < 1.29 is 4.74 Å². The number of fused-ring (bicyclic) bond motifs is 1. The molecule has 2 aromatic heterocycles. The van der Waals surface area contributed by atoms with Gasteiger partial charge in [-0.05, 0) is 37.3 Å². The van der Waals surface area contributed by atoms with Crippen molar-refractivity contribution in [3.05, 3.63) is 30.2 Å². The van der Waals surface area contributed by atoms with Crippen molar-refractivity contribution in [1.82, 2.24) is 9.38 Å². The van der Waals surface area contributed by atoms with E-state index < -0.39 is 0 Å². The van der Waals surface area contributed by atoms with Crippen molar-refractivity contribution in [1.29, 1.82) is 0 Å². The molecule has 17 heavy (non-hydrogen) atoms. The molecule has 2 heterocycles. The van der Waals surface area contributed by atoms with Crippen molar-refractivity contribution in [2.75, 3.05) is 6.61 Å². The Bertz CT molecular complexity index is 514. The lowest BCUT2D eigenvalue weighted by Gasteiger charge is -2.25. The summed E-state index contributed by atoms with van der Waals surface area (Å²) in [6, 6.07) is 4.03. The van der Waals surface area contributed by atoms with Crippen LogP contribution in [0.5, 0.6) is 5.75 Å². The van der Waals surface area contributed by atoms with Crippen LogP contribution in [-0.4, -0.2) is 16.0 Å². The van der Waals surface area contributed by atoms with E-state index in [1.807, 2.05) is 18.3 Å². The van der Waals surface area contributed by atoms with E-state index in [1.54, 1.807) is 0 Å². The summed E-state index contributed by atoms with van der Waals surface area (Å²) in [5.41, 5.74) is 2.06. The topological polar surface area (TPSA) is 26.5 Å². The van der Waals surface area contributed by atoms with E-state index in [-0.39, 0.29) is 0 Å². The molecule has 1 saturated carbocycles. The molecule has 2 aromatic rings. The van der Waals surface area contributed by atoms with Crippen molar-refractivity contribution in [3.8, 4) is 5.75 Å². The van der Waals surface area contributed by atoms with Crippen LogP contribution in [0.2, 0.25) is 0 Å². The number of rotatable bonds is 4. The van der Waals surface area contributed by atoms with Gasteiger partial charge in [0.2, 0.25) is 0 Å². The van der Waals surface area contributed by atoms with Crippen LogP contribution in [0.15, 0.2) is 24.5 Å². The van der Waals surface area contributed by atoms with Gasteiger partial charge in [0.25, 0.3) is 0 Å². The predicted molar refractivity (Wildman–Crippen MR) is 67.4 cm³/mol. The lowest BCUT2D eigenvalue weighted by Crippen LogP contribution is -2.19. The molecule has 0 N–H and O–H groups in total. The largest absolute Gasteiger partial charge is 0.489 e. The minimum Gasteiger partial charge on any atom is -0.489 e. The molecule has 0 spiro atoms. The first-order valence-corrected chi connectivity index (χ1v) is 6.46. The second kappa shape index (κ2) is 4.40. The quantitative estimate of drug-likeness (QED) is 0.807. The molecule has 1 aliphatic rings. The van der Waals surface area contributed by atoms with E-state index in [0.717, 1.165) is 36.0 Å². The fourth-order valence-corrected chi connectivity index (χ4v) is 2.19. The zero-order valence-electron chi connectivity index (χ0n) is 10.2. The first-order valence-electron chi connectivity index (χ1n) is 6.46. The Morgan fingerprint density at radius 1 is 1.47 bits per heavy atom. The van der Waals surface area contributed by atoms with Gasteiger partial charge in [0.15, 0.2) is 11.4 Å². The zero-order chi connectivity index (χ0) is 11.7. The Hall–Kier alpha value is -1.51. The van der Waals surface area contributed by atoms with Gasteiger partial charge in [0.1, 0.15) is 0 Å². The van der Waals surface area contributed by atoms with Crippen LogP contribution in [0.25, 0.3) is 5.65 Å². The minimum absolute atomic E-state index is 0.760. The Morgan fingerprint density at radius 2 is 2.35 bits per heavy atom. The second-order valence-corrected chi connectivity index (χ2v) is 4.80. The maximum Gasteiger partial charge on any atom is 0.179 e. The highest BCUT2D eigenvalue weighted by Crippen LogP contribution is 2.28. The third-order valence-electron chi connectivity index (χ3n) is 3.56. The maximum absolute atomic E-state index is 5.90. The molecule has 3 heteroatoms. The van der Waals surface area contributed by atoms with E-state index in [1.165, 1.54) is 19.3 Å². The average Bonchev–Trinajstić information content (AvgIpc) is 2.70. The molecule has 90 valence electrons. The van der Waals surface area contributed by atoms with E-state index in [9.17, 15) is 0 Å². The van der Waals surface area contributed by atoms with Crippen LogP contribution in [0.3, 0.4) is 0 Å². The van der Waals surface area contributed by atoms with E-state index >= 15 is 0 Å². The summed E-state index contributed by atoms with van der Waals surface area (Å²) in [4.78, 5) is 4.59. The highest BCUT2D eigenvalue weighted by atomic mass is 16.5. The normalized spacial score (nSPS) is 16.1. The number of pyridine rings is 1. The molecule has 0 radical (unpaired) electrons.